The summed E-state index contributed by atoms with van der Waals surface area (Å²) in [7, 11) is -2.39. The van der Waals surface area contributed by atoms with Crippen LogP contribution in [0.3, 0.4) is 0 Å². The molecule has 0 radical (unpaired) electrons. The van der Waals surface area contributed by atoms with Crippen molar-refractivity contribution in [3.8, 4) is 0 Å². The van der Waals surface area contributed by atoms with Crippen LogP contribution in [0.4, 0.5) is 5.69 Å². The van der Waals surface area contributed by atoms with Crippen molar-refractivity contribution in [1.29, 1.82) is 0 Å². The van der Waals surface area contributed by atoms with Crippen LogP contribution >= 0.6 is 0 Å². The third kappa shape index (κ3) is 2.92. The number of hydrogen-bond donors (Lipinski definition) is 1. The van der Waals surface area contributed by atoms with Gasteiger partial charge in [-0.15, -0.1) is 0 Å². The average Bonchev–Trinajstić information content (AvgIpc) is 3.12. The second-order valence-electron chi connectivity index (χ2n) is 5.20. The average molecular weight is 337 g/mol. The molecule has 1 aliphatic rings. The highest BCUT2D eigenvalue weighted by Gasteiger charge is 2.29. The number of carboxylic acid groups (broad SMARTS) is 1. The van der Waals surface area contributed by atoms with Crippen molar-refractivity contribution < 1.29 is 23.1 Å². The van der Waals surface area contributed by atoms with E-state index in [-0.39, 0.29) is 10.6 Å². The van der Waals surface area contributed by atoms with Crippen LogP contribution in [0.15, 0.2) is 35.5 Å². The zero-order chi connectivity index (χ0) is 16.6. The molecule has 1 aromatic carbocycles. The van der Waals surface area contributed by atoms with E-state index in [1.807, 2.05) is 0 Å². The van der Waals surface area contributed by atoms with Crippen molar-refractivity contribution in [2.45, 2.75) is 18.1 Å². The number of rotatable bonds is 5. The molecule has 1 aliphatic heterocycles. The minimum absolute atomic E-state index is 0.0341. The molecule has 23 heavy (non-hydrogen) atoms. The van der Waals surface area contributed by atoms with Crippen molar-refractivity contribution in [2.24, 2.45) is 7.05 Å². The number of carbonyl (C=O) groups is 1. The standard InChI is InChI=1S/C14H15N3O5S/c1-16-6-12(5-15-16)17(7-14(18)19)23(20,21)13-3-2-10-8-22-9-11(10)4-13/h2-6H,7-9H2,1H3,(H,18,19). The summed E-state index contributed by atoms with van der Waals surface area (Å²) in [4.78, 5) is 11.1. The lowest BCUT2D eigenvalue weighted by Gasteiger charge is -2.21. The first kappa shape index (κ1) is 15.5. The molecule has 0 saturated carbocycles. The van der Waals surface area contributed by atoms with Crippen LogP contribution in [0, 0.1) is 0 Å². The van der Waals surface area contributed by atoms with Gasteiger partial charge in [0.05, 0.1) is 30.0 Å². The van der Waals surface area contributed by atoms with Crippen LogP contribution in [-0.4, -0.2) is 35.8 Å². The maximum Gasteiger partial charge on any atom is 0.324 e. The van der Waals surface area contributed by atoms with Crippen LogP contribution in [0.25, 0.3) is 0 Å². The number of sulfonamides is 1. The van der Waals surface area contributed by atoms with Crippen molar-refractivity contribution in [1.82, 2.24) is 9.78 Å². The molecule has 0 saturated heterocycles. The summed E-state index contributed by atoms with van der Waals surface area (Å²) < 4.78 is 33.3. The summed E-state index contributed by atoms with van der Waals surface area (Å²) in [5.41, 5.74) is 1.94. The molecule has 1 aromatic heterocycles. The van der Waals surface area contributed by atoms with Gasteiger partial charge >= 0.3 is 5.97 Å². The first-order valence-corrected chi connectivity index (χ1v) is 8.24. The molecule has 0 atom stereocenters. The van der Waals surface area contributed by atoms with Crippen LogP contribution in [0.1, 0.15) is 11.1 Å². The molecule has 0 amide bonds. The molecular formula is C14H15N3O5S. The number of aliphatic carboxylic acids is 1. The van der Waals surface area contributed by atoms with Gasteiger partial charge in [0.2, 0.25) is 0 Å². The van der Waals surface area contributed by atoms with Crippen LogP contribution in [-0.2, 0) is 39.8 Å². The van der Waals surface area contributed by atoms with E-state index < -0.39 is 22.5 Å². The molecule has 122 valence electrons. The molecule has 2 aromatic rings. The van der Waals surface area contributed by atoms with E-state index >= 15 is 0 Å². The number of nitrogens with zero attached hydrogens (tertiary/aromatic N) is 3. The normalized spacial score (nSPS) is 13.8. The molecule has 9 heteroatoms. The Bertz CT molecular complexity index is 859. The predicted octanol–water partition coefficient (Wildman–Crippen LogP) is 0.730. The number of hydrogen-bond acceptors (Lipinski definition) is 5. The summed E-state index contributed by atoms with van der Waals surface area (Å²) in [6.45, 7) is 0.128. The Morgan fingerprint density at radius 3 is 2.78 bits per heavy atom. The summed E-state index contributed by atoms with van der Waals surface area (Å²) in [5.74, 6) is -1.25. The molecule has 3 rings (SSSR count). The largest absolute Gasteiger partial charge is 0.480 e. The molecule has 1 N–H and O–H groups in total. The SMILES string of the molecule is Cn1cc(N(CC(=O)O)S(=O)(=O)c2ccc3c(c2)COC3)cn1. The number of benzene rings is 1. The second kappa shape index (κ2) is 5.67. The number of ether oxygens (including phenoxy) is 1. The van der Waals surface area contributed by atoms with Gasteiger partial charge in [-0.1, -0.05) is 6.07 Å². The Morgan fingerprint density at radius 1 is 1.39 bits per heavy atom. The Balaban J connectivity index is 2.04. The molecule has 0 aliphatic carbocycles. The fourth-order valence-corrected chi connectivity index (χ4v) is 3.85. The number of carboxylic acids is 1. The topological polar surface area (TPSA) is 102 Å². The Hall–Kier alpha value is -2.39. The smallest absolute Gasteiger partial charge is 0.324 e. The van der Waals surface area contributed by atoms with Crippen molar-refractivity contribution in [3.63, 3.8) is 0 Å². The molecule has 8 nitrogen and oxygen atoms in total. The van der Waals surface area contributed by atoms with E-state index in [4.69, 9.17) is 9.84 Å². The molecule has 0 bridgehead atoms. The molecule has 0 unspecified atom stereocenters. The Labute approximate surface area is 133 Å². The highest BCUT2D eigenvalue weighted by atomic mass is 32.2. The fraction of sp³-hybridized carbons (Fsp3) is 0.286. The fourth-order valence-electron chi connectivity index (χ4n) is 2.41. The molecule has 2 heterocycles. The van der Waals surface area contributed by atoms with Gasteiger partial charge in [0.15, 0.2) is 0 Å². The first-order valence-electron chi connectivity index (χ1n) is 6.80. The quantitative estimate of drug-likeness (QED) is 0.863. The lowest BCUT2D eigenvalue weighted by Crippen LogP contribution is -2.35. The van der Waals surface area contributed by atoms with Gasteiger partial charge in [0.25, 0.3) is 10.0 Å². The van der Waals surface area contributed by atoms with Gasteiger partial charge in [0.1, 0.15) is 6.54 Å². The summed E-state index contributed by atoms with van der Waals surface area (Å²) in [5, 5.41) is 13.0. The summed E-state index contributed by atoms with van der Waals surface area (Å²) >= 11 is 0. The predicted molar refractivity (Wildman–Crippen MR) is 80.3 cm³/mol. The minimum Gasteiger partial charge on any atom is -0.480 e. The molecular weight excluding hydrogens is 322 g/mol. The summed E-state index contributed by atoms with van der Waals surface area (Å²) in [6, 6.07) is 4.69. The van der Waals surface area contributed by atoms with Crippen molar-refractivity contribution in [2.75, 3.05) is 10.8 Å². The third-order valence-electron chi connectivity index (χ3n) is 3.54. The highest BCUT2D eigenvalue weighted by molar-refractivity contribution is 7.92. The number of aromatic nitrogens is 2. The van der Waals surface area contributed by atoms with E-state index in [1.54, 1.807) is 13.1 Å². The van der Waals surface area contributed by atoms with Crippen molar-refractivity contribution >= 4 is 21.7 Å². The minimum atomic E-state index is -4.01. The van der Waals surface area contributed by atoms with Crippen LogP contribution in [0.2, 0.25) is 0 Å². The molecule has 0 spiro atoms. The number of fused-ring (bicyclic) bond motifs is 1. The van der Waals surface area contributed by atoms with E-state index in [1.165, 1.54) is 29.2 Å². The van der Waals surface area contributed by atoms with E-state index in [0.29, 0.717) is 13.2 Å². The zero-order valence-electron chi connectivity index (χ0n) is 12.3. The monoisotopic (exact) mass is 337 g/mol. The van der Waals surface area contributed by atoms with Gasteiger partial charge in [-0.25, -0.2) is 8.42 Å². The molecule has 0 fully saturated rings. The van der Waals surface area contributed by atoms with E-state index in [2.05, 4.69) is 5.10 Å². The van der Waals surface area contributed by atoms with E-state index in [9.17, 15) is 13.2 Å². The lowest BCUT2D eigenvalue weighted by molar-refractivity contribution is -0.135. The van der Waals surface area contributed by atoms with Gasteiger partial charge < -0.3 is 9.84 Å². The van der Waals surface area contributed by atoms with Gasteiger partial charge in [-0.05, 0) is 23.3 Å². The summed E-state index contributed by atoms with van der Waals surface area (Å²) in [6.07, 6.45) is 2.77. The maximum absolute atomic E-state index is 12.9. The Morgan fingerprint density at radius 2 is 2.13 bits per heavy atom. The van der Waals surface area contributed by atoms with E-state index in [0.717, 1.165) is 15.4 Å². The van der Waals surface area contributed by atoms with Crippen LogP contribution < -0.4 is 4.31 Å². The zero-order valence-corrected chi connectivity index (χ0v) is 13.2. The van der Waals surface area contributed by atoms with Gasteiger partial charge in [-0.2, -0.15) is 5.10 Å². The second-order valence-corrected chi connectivity index (χ2v) is 7.06. The van der Waals surface area contributed by atoms with Gasteiger partial charge in [-0.3, -0.25) is 13.8 Å². The number of aryl methyl sites for hydroxylation is 1. The first-order chi connectivity index (χ1) is 10.9. The maximum atomic E-state index is 12.9. The third-order valence-corrected chi connectivity index (χ3v) is 5.31. The lowest BCUT2D eigenvalue weighted by atomic mass is 10.1. The highest BCUT2D eigenvalue weighted by Crippen LogP contribution is 2.27. The number of anilines is 1. The van der Waals surface area contributed by atoms with Gasteiger partial charge in [0, 0.05) is 13.2 Å². The Kier molecular flexibility index (Phi) is 3.82. The van der Waals surface area contributed by atoms with Crippen molar-refractivity contribution in [3.05, 3.63) is 41.7 Å². The van der Waals surface area contributed by atoms with Crippen LogP contribution in [0.5, 0.6) is 0 Å².